The van der Waals surface area contributed by atoms with Gasteiger partial charge >= 0.3 is 0 Å². The van der Waals surface area contributed by atoms with E-state index < -0.39 is 0 Å². The van der Waals surface area contributed by atoms with Crippen molar-refractivity contribution in [2.75, 3.05) is 6.61 Å². The summed E-state index contributed by atoms with van der Waals surface area (Å²) >= 11 is 0. The second-order valence-corrected chi connectivity index (χ2v) is 2.35. The Morgan fingerprint density at radius 1 is 1.64 bits per heavy atom. The lowest BCUT2D eigenvalue weighted by atomic mass is 10.5. The first-order valence-corrected chi connectivity index (χ1v) is 3.80. The van der Waals surface area contributed by atoms with E-state index in [4.69, 9.17) is 4.74 Å². The van der Waals surface area contributed by atoms with Crippen LogP contribution in [0, 0.1) is 0 Å². The second-order valence-electron chi connectivity index (χ2n) is 2.35. The summed E-state index contributed by atoms with van der Waals surface area (Å²) in [5.41, 5.74) is 0. The molecule has 0 N–H and O–H groups in total. The van der Waals surface area contributed by atoms with Gasteiger partial charge in [-0.2, -0.15) is 5.10 Å². The fourth-order valence-corrected chi connectivity index (χ4v) is 0.770. The largest absolute Gasteiger partial charge is 0.357 e. The second kappa shape index (κ2) is 4.08. The van der Waals surface area contributed by atoms with E-state index in [1.54, 1.807) is 11.0 Å². The zero-order chi connectivity index (χ0) is 8.10. The number of aromatic nitrogens is 3. The van der Waals surface area contributed by atoms with Gasteiger partial charge in [0.2, 0.25) is 0 Å². The van der Waals surface area contributed by atoms with Gasteiger partial charge in [0.05, 0.1) is 0 Å². The molecule has 0 aliphatic rings. The molecule has 1 aromatic rings. The van der Waals surface area contributed by atoms with Crippen molar-refractivity contribution in [2.24, 2.45) is 0 Å². The Bertz CT molecular complexity index is 186. The van der Waals surface area contributed by atoms with E-state index in [2.05, 4.69) is 17.0 Å². The third-order valence-corrected chi connectivity index (χ3v) is 1.37. The van der Waals surface area contributed by atoms with Gasteiger partial charge in [0.25, 0.3) is 0 Å². The van der Waals surface area contributed by atoms with Crippen LogP contribution in [0.2, 0.25) is 0 Å². The van der Waals surface area contributed by atoms with Gasteiger partial charge in [0, 0.05) is 6.61 Å². The van der Waals surface area contributed by atoms with Crippen LogP contribution < -0.4 is 0 Å². The Kier molecular flexibility index (Phi) is 3.04. The summed E-state index contributed by atoms with van der Waals surface area (Å²) in [4.78, 5) is 3.82. The molecule has 0 spiro atoms. The fourth-order valence-electron chi connectivity index (χ4n) is 0.770. The van der Waals surface area contributed by atoms with Crippen LogP contribution in [-0.4, -0.2) is 21.4 Å². The maximum Gasteiger partial charge on any atom is 0.149 e. The van der Waals surface area contributed by atoms with Crippen LogP contribution in [0.15, 0.2) is 12.7 Å². The lowest BCUT2D eigenvalue weighted by Crippen LogP contribution is -2.10. The highest BCUT2D eigenvalue weighted by Gasteiger charge is 2.02. The van der Waals surface area contributed by atoms with E-state index in [-0.39, 0.29) is 6.23 Å². The molecule has 4 heteroatoms. The van der Waals surface area contributed by atoms with Crippen LogP contribution >= 0.6 is 0 Å². The van der Waals surface area contributed by atoms with E-state index in [0.717, 1.165) is 13.0 Å². The van der Waals surface area contributed by atoms with Gasteiger partial charge < -0.3 is 4.74 Å². The molecule has 0 aliphatic carbocycles. The van der Waals surface area contributed by atoms with Crippen molar-refractivity contribution < 1.29 is 4.74 Å². The number of nitrogens with zero attached hydrogens (tertiary/aromatic N) is 3. The van der Waals surface area contributed by atoms with Crippen LogP contribution in [0.25, 0.3) is 0 Å². The SMILES string of the molecule is CCCOC(C)n1cncn1. The van der Waals surface area contributed by atoms with Crippen molar-refractivity contribution in [3.63, 3.8) is 0 Å². The highest BCUT2D eigenvalue weighted by molar-refractivity contribution is 4.57. The van der Waals surface area contributed by atoms with E-state index in [1.165, 1.54) is 6.33 Å². The quantitative estimate of drug-likeness (QED) is 0.656. The molecular weight excluding hydrogens is 142 g/mol. The van der Waals surface area contributed by atoms with Crippen molar-refractivity contribution >= 4 is 0 Å². The fraction of sp³-hybridized carbons (Fsp3) is 0.714. The molecule has 1 aromatic heterocycles. The van der Waals surface area contributed by atoms with Crippen LogP contribution in [0.3, 0.4) is 0 Å². The molecular formula is C7H13N3O. The molecule has 4 nitrogen and oxygen atoms in total. The predicted octanol–water partition coefficient (Wildman–Crippen LogP) is 1.22. The average Bonchev–Trinajstić information content (AvgIpc) is 2.52. The summed E-state index contributed by atoms with van der Waals surface area (Å²) < 4.78 is 7.09. The number of rotatable bonds is 4. The van der Waals surface area contributed by atoms with Crippen LogP contribution in [0.5, 0.6) is 0 Å². The van der Waals surface area contributed by atoms with Gasteiger partial charge in [-0.25, -0.2) is 9.67 Å². The first-order chi connectivity index (χ1) is 5.34. The highest BCUT2D eigenvalue weighted by atomic mass is 16.5. The third-order valence-electron chi connectivity index (χ3n) is 1.37. The average molecular weight is 155 g/mol. The Balaban J connectivity index is 2.36. The molecule has 0 aliphatic heterocycles. The van der Waals surface area contributed by atoms with Gasteiger partial charge in [-0.3, -0.25) is 0 Å². The molecule has 1 rings (SSSR count). The molecule has 1 unspecified atom stereocenters. The van der Waals surface area contributed by atoms with E-state index in [9.17, 15) is 0 Å². The van der Waals surface area contributed by atoms with E-state index >= 15 is 0 Å². The summed E-state index contributed by atoms with van der Waals surface area (Å²) in [5.74, 6) is 0. The standard InChI is InChI=1S/C7H13N3O/c1-3-4-11-7(2)10-6-8-5-9-10/h5-7H,3-4H2,1-2H3. The predicted molar refractivity (Wildman–Crippen MR) is 41.0 cm³/mol. The van der Waals surface area contributed by atoms with Crippen molar-refractivity contribution in [3.05, 3.63) is 12.7 Å². The van der Waals surface area contributed by atoms with Crippen molar-refractivity contribution in [1.82, 2.24) is 14.8 Å². The number of hydrogen-bond acceptors (Lipinski definition) is 3. The zero-order valence-electron chi connectivity index (χ0n) is 6.90. The van der Waals surface area contributed by atoms with Crippen molar-refractivity contribution in [1.29, 1.82) is 0 Å². The highest BCUT2D eigenvalue weighted by Crippen LogP contribution is 2.03. The lowest BCUT2D eigenvalue weighted by Gasteiger charge is -2.11. The van der Waals surface area contributed by atoms with Gasteiger partial charge in [-0.15, -0.1) is 0 Å². The van der Waals surface area contributed by atoms with Gasteiger partial charge in [-0.05, 0) is 13.3 Å². The van der Waals surface area contributed by atoms with Crippen molar-refractivity contribution in [3.8, 4) is 0 Å². The molecule has 62 valence electrons. The molecule has 0 aromatic carbocycles. The zero-order valence-corrected chi connectivity index (χ0v) is 6.90. The molecule has 0 amide bonds. The van der Waals surface area contributed by atoms with Crippen LogP contribution in [-0.2, 0) is 4.74 Å². The van der Waals surface area contributed by atoms with Crippen LogP contribution in [0.1, 0.15) is 26.5 Å². The maximum absolute atomic E-state index is 5.40. The molecule has 0 bridgehead atoms. The normalized spacial score (nSPS) is 13.3. The molecule has 0 saturated heterocycles. The van der Waals surface area contributed by atoms with Gasteiger partial charge in [0.15, 0.2) is 0 Å². The molecule has 11 heavy (non-hydrogen) atoms. The summed E-state index contributed by atoms with van der Waals surface area (Å²) in [6, 6.07) is 0. The van der Waals surface area contributed by atoms with E-state index in [0.29, 0.717) is 0 Å². The summed E-state index contributed by atoms with van der Waals surface area (Å²) in [5, 5.41) is 3.95. The molecule has 0 saturated carbocycles. The summed E-state index contributed by atoms with van der Waals surface area (Å²) in [6.45, 7) is 4.79. The van der Waals surface area contributed by atoms with E-state index in [1.807, 2.05) is 6.92 Å². The minimum Gasteiger partial charge on any atom is -0.357 e. The molecule has 1 atom stereocenters. The third kappa shape index (κ3) is 2.31. The minimum absolute atomic E-state index is 0.00236. The monoisotopic (exact) mass is 155 g/mol. The molecule has 0 radical (unpaired) electrons. The summed E-state index contributed by atoms with van der Waals surface area (Å²) in [6.07, 6.45) is 4.18. The Morgan fingerprint density at radius 2 is 2.45 bits per heavy atom. The topological polar surface area (TPSA) is 39.9 Å². The Labute approximate surface area is 66.2 Å². The first-order valence-electron chi connectivity index (χ1n) is 3.80. The van der Waals surface area contributed by atoms with Crippen LogP contribution in [0.4, 0.5) is 0 Å². The number of ether oxygens (including phenoxy) is 1. The summed E-state index contributed by atoms with van der Waals surface area (Å²) in [7, 11) is 0. The maximum atomic E-state index is 5.40. The van der Waals surface area contributed by atoms with Gasteiger partial charge in [0.1, 0.15) is 18.9 Å². The van der Waals surface area contributed by atoms with Gasteiger partial charge in [-0.1, -0.05) is 6.92 Å². The Morgan fingerprint density at radius 3 is 3.00 bits per heavy atom. The van der Waals surface area contributed by atoms with Crippen molar-refractivity contribution in [2.45, 2.75) is 26.5 Å². The first kappa shape index (κ1) is 8.20. The smallest absolute Gasteiger partial charge is 0.149 e. The lowest BCUT2D eigenvalue weighted by molar-refractivity contribution is 0.00799. The minimum atomic E-state index is -0.00236. The number of hydrogen-bond donors (Lipinski definition) is 0. The molecule has 0 fully saturated rings. The molecule has 1 heterocycles. The Hall–Kier alpha value is -0.900.